The first-order chi connectivity index (χ1) is 10.0. The summed E-state index contributed by atoms with van der Waals surface area (Å²) in [6, 6.07) is 3.08. The summed E-state index contributed by atoms with van der Waals surface area (Å²) in [7, 11) is 0. The molecule has 1 amide bonds. The second-order valence-electron chi connectivity index (χ2n) is 4.82. The van der Waals surface area contributed by atoms with Gasteiger partial charge in [0, 0.05) is 45.7 Å². The van der Waals surface area contributed by atoms with E-state index in [0.29, 0.717) is 44.4 Å². The number of rotatable bonds is 4. The van der Waals surface area contributed by atoms with Crippen molar-refractivity contribution in [3.8, 4) is 0 Å². The molecular formula is C13H19N5O3. The average molecular weight is 293 g/mol. The molecule has 2 heterocycles. The number of aromatic nitrogens is 1. The van der Waals surface area contributed by atoms with Crippen molar-refractivity contribution >= 4 is 23.2 Å². The van der Waals surface area contributed by atoms with Gasteiger partial charge in [-0.2, -0.15) is 0 Å². The third kappa shape index (κ3) is 3.39. The van der Waals surface area contributed by atoms with Crippen LogP contribution in [0, 0.1) is 10.1 Å². The van der Waals surface area contributed by atoms with Gasteiger partial charge in [-0.15, -0.1) is 0 Å². The Morgan fingerprint density at radius 1 is 1.38 bits per heavy atom. The van der Waals surface area contributed by atoms with Crippen molar-refractivity contribution in [2.24, 2.45) is 0 Å². The molecule has 0 radical (unpaired) electrons. The van der Waals surface area contributed by atoms with Crippen LogP contribution in [0.25, 0.3) is 0 Å². The molecule has 0 spiro atoms. The van der Waals surface area contributed by atoms with Crippen molar-refractivity contribution in [2.75, 3.05) is 42.9 Å². The minimum atomic E-state index is -0.421. The lowest BCUT2D eigenvalue weighted by Gasteiger charge is -2.34. The van der Waals surface area contributed by atoms with Crippen LogP contribution in [-0.4, -0.2) is 53.4 Å². The third-order valence-corrected chi connectivity index (χ3v) is 3.43. The van der Waals surface area contributed by atoms with E-state index in [4.69, 9.17) is 0 Å². The first kappa shape index (κ1) is 15.0. The summed E-state index contributed by atoms with van der Waals surface area (Å²) in [5, 5.41) is 14.2. The number of nitrogens with zero attached hydrogens (tertiary/aromatic N) is 4. The zero-order valence-electron chi connectivity index (χ0n) is 12.2. The van der Waals surface area contributed by atoms with Gasteiger partial charge < -0.3 is 15.1 Å². The third-order valence-electron chi connectivity index (χ3n) is 3.43. The molecule has 8 heteroatoms. The van der Waals surface area contributed by atoms with Crippen LogP contribution in [0.5, 0.6) is 0 Å². The number of carbonyl (C=O) groups is 1. The van der Waals surface area contributed by atoms with Crippen LogP contribution in [0.4, 0.5) is 17.3 Å². The normalized spacial score (nSPS) is 15.0. The van der Waals surface area contributed by atoms with Crippen LogP contribution < -0.4 is 10.2 Å². The number of amides is 1. The van der Waals surface area contributed by atoms with Crippen LogP contribution in [0.2, 0.25) is 0 Å². The maximum absolute atomic E-state index is 11.3. The highest BCUT2D eigenvalue weighted by Gasteiger charge is 2.26. The zero-order valence-corrected chi connectivity index (χ0v) is 12.2. The van der Waals surface area contributed by atoms with E-state index in [1.54, 1.807) is 11.0 Å². The van der Waals surface area contributed by atoms with E-state index in [1.807, 2.05) is 11.8 Å². The van der Waals surface area contributed by atoms with Gasteiger partial charge in [0.1, 0.15) is 5.82 Å². The second kappa shape index (κ2) is 6.38. The Morgan fingerprint density at radius 3 is 2.57 bits per heavy atom. The molecule has 1 aromatic heterocycles. The Hall–Kier alpha value is -2.38. The second-order valence-corrected chi connectivity index (χ2v) is 4.82. The SMILES string of the molecule is CCNc1ccc([N+](=O)[O-])c(N2CCN(C(C)=O)CC2)n1. The Labute approximate surface area is 122 Å². The van der Waals surface area contributed by atoms with Gasteiger partial charge in [-0.1, -0.05) is 0 Å². The van der Waals surface area contributed by atoms with Crippen molar-refractivity contribution in [1.29, 1.82) is 0 Å². The molecule has 2 rings (SSSR count). The maximum atomic E-state index is 11.3. The Bertz CT molecular complexity index is 541. The van der Waals surface area contributed by atoms with E-state index < -0.39 is 4.92 Å². The minimum absolute atomic E-state index is 0.00655. The lowest BCUT2D eigenvalue weighted by Crippen LogP contribution is -2.48. The molecule has 0 saturated carbocycles. The number of hydrogen-bond donors (Lipinski definition) is 1. The van der Waals surface area contributed by atoms with Crippen molar-refractivity contribution < 1.29 is 9.72 Å². The van der Waals surface area contributed by atoms with Gasteiger partial charge in [-0.3, -0.25) is 14.9 Å². The van der Waals surface area contributed by atoms with Crippen LogP contribution in [-0.2, 0) is 4.79 Å². The van der Waals surface area contributed by atoms with Gasteiger partial charge in [0.05, 0.1) is 4.92 Å². The lowest BCUT2D eigenvalue weighted by atomic mass is 10.2. The molecule has 1 fully saturated rings. The van der Waals surface area contributed by atoms with Gasteiger partial charge >= 0.3 is 5.69 Å². The molecule has 1 aromatic rings. The molecule has 0 unspecified atom stereocenters. The number of piperazine rings is 1. The molecule has 0 aromatic carbocycles. The number of anilines is 2. The molecule has 114 valence electrons. The molecule has 21 heavy (non-hydrogen) atoms. The van der Waals surface area contributed by atoms with Crippen LogP contribution in [0.3, 0.4) is 0 Å². The summed E-state index contributed by atoms with van der Waals surface area (Å²) in [5.41, 5.74) is -0.00655. The van der Waals surface area contributed by atoms with Gasteiger partial charge in [0.25, 0.3) is 0 Å². The van der Waals surface area contributed by atoms with Gasteiger partial charge in [0.15, 0.2) is 0 Å². The summed E-state index contributed by atoms with van der Waals surface area (Å²) >= 11 is 0. The van der Waals surface area contributed by atoms with Crippen LogP contribution in [0.1, 0.15) is 13.8 Å². The van der Waals surface area contributed by atoms with Gasteiger partial charge in [0.2, 0.25) is 11.7 Å². The van der Waals surface area contributed by atoms with E-state index in [1.165, 1.54) is 13.0 Å². The summed E-state index contributed by atoms with van der Waals surface area (Å²) in [6.45, 7) is 6.37. The van der Waals surface area contributed by atoms with E-state index in [2.05, 4.69) is 10.3 Å². The Morgan fingerprint density at radius 2 is 2.05 bits per heavy atom. The number of pyridine rings is 1. The average Bonchev–Trinajstić information content (AvgIpc) is 2.47. The zero-order chi connectivity index (χ0) is 15.4. The van der Waals surface area contributed by atoms with Crippen molar-refractivity contribution in [2.45, 2.75) is 13.8 Å². The number of nitrogens with one attached hydrogen (secondary N) is 1. The summed E-state index contributed by atoms with van der Waals surface area (Å²) < 4.78 is 0. The van der Waals surface area contributed by atoms with E-state index in [0.717, 1.165) is 0 Å². The molecule has 1 N–H and O–H groups in total. The monoisotopic (exact) mass is 293 g/mol. The highest BCUT2D eigenvalue weighted by atomic mass is 16.6. The molecule has 1 saturated heterocycles. The predicted octanol–water partition coefficient (Wildman–Crippen LogP) is 1.09. The molecule has 1 aliphatic rings. The maximum Gasteiger partial charge on any atom is 0.311 e. The van der Waals surface area contributed by atoms with E-state index >= 15 is 0 Å². The Balaban J connectivity index is 2.23. The number of carbonyl (C=O) groups excluding carboxylic acids is 1. The highest BCUT2D eigenvalue weighted by molar-refractivity contribution is 5.73. The van der Waals surface area contributed by atoms with E-state index in [-0.39, 0.29) is 11.6 Å². The van der Waals surface area contributed by atoms with E-state index in [9.17, 15) is 14.9 Å². The number of nitro groups is 1. The highest BCUT2D eigenvalue weighted by Crippen LogP contribution is 2.28. The summed E-state index contributed by atoms with van der Waals surface area (Å²) in [6.07, 6.45) is 0. The van der Waals surface area contributed by atoms with Gasteiger partial charge in [-0.25, -0.2) is 4.98 Å². The quantitative estimate of drug-likeness (QED) is 0.660. The van der Waals surface area contributed by atoms with Crippen molar-refractivity contribution in [3.05, 3.63) is 22.2 Å². The number of hydrogen-bond acceptors (Lipinski definition) is 6. The standard InChI is InChI=1S/C13H19N5O3/c1-3-14-12-5-4-11(18(20)21)13(15-12)17-8-6-16(7-9-17)10(2)19/h4-5H,3,6-9H2,1-2H3,(H,14,15). The summed E-state index contributed by atoms with van der Waals surface area (Å²) in [4.78, 5) is 30.0. The van der Waals surface area contributed by atoms with Crippen LogP contribution in [0.15, 0.2) is 12.1 Å². The fourth-order valence-corrected chi connectivity index (χ4v) is 2.33. The Kier molecular flexibility index (Phi) is 4.56. The molecule has 1 aliphatic heterocycles. The fourth-order valence-electron chi connectivity index (χ4n) is 2.33. The molecule has 0 aliphatic carbocycles. The predicted molar refractivity (Wildman–Crippen MR) is 79.5 cm³/mol. The van der Waals surface area contributed by atoms with Crippen LogP contribution >= 0.6 is 0 Å². The van der Waals surface area contributed by atoms with Crippen molar-refractivity contribution in [3.63, 3.8) is 0 Å². The molecular weight excluding hydrogens is 274 g/mol. The molecule has 8 nitrogen and oxygen atoms in total. The fraction of sp³-hybridized carbons (Fsp3) is 0.538. The van der Waals surface area contributed by atoms with Crippen molar-refractivity contribution in [1.82, 2.24) is 9.88 Å². The largest absolute Gasteiger partial charge is 0.370 e. The first-order valence-electron chi connectivity index (χ1n) is 6.92. The first-order valence-corrected chi connectivity index (χ1v) is 6.92. The topological polar surface area (TPSA) is 91.6 Å². The minimum Gasteiger partial charge on any atom is -0.370 e. The lowest BCUT2D eigenvalue weighted by molar-refractivity contribution is -0.384. The summed E-state index contributed by atoms with van der Waals surface area (Å²) in [5.74, 6) is 1.01. The van der Waals surface area contributed by atoms with Gasteiger partial charge in [-0.05, 0) is 13.0 Å². The molecule has 0 bridgehead atoms. The molecule has 0 atom stereocenters. The smallest absolute Gasteiger partial charge is 0.311 e.